The summed E-state index contributed by atoms with van der Waals surface area (Å²) in [5.74, 6) is -0.866. The van der Waals surface area contributed by atoms with Gasteiger partial charge < -0.3 is 15.0 Å². The van der Waals surface area contributed by atoms with Crippen molar-refractivity contribution in [1.29, 1.82) is 0 Å². The van der Waals surface area contributed by atoms with E-state index in [0.29, 0.717) is 16.3 Å². The molecule has 0 spiro atoms. The third-order valence-electron chi connectivity index (χ3n) is 4.55. The van der Waals surface area contributed by atoms with Crippen LogP contribution in [-0.2, 0) is 9.53 Å². The van der Waals surface area contributed by atoms with E-state index < -0.39 is 5.97 Å². The van der Waals surface area contributed by atoms with Gasteiger partial charge in [-0.15, -0.1) is 11.3 Å². The molecule has 1 aromatic heterocycles. The largest absolute Gasteiger partial charge is 0.451 e. The molecule has 1 aromatic carbocycles. The van der Waals surface area contributed by atoms with Gasteiger partial charge in [-0.2, -0.15) is 0 Å². The SMILES string of the molecule is Cc1nc(C)c(C(=O)OCC(=O)Nc2ccc(N3CCCCCC3)cc2)s1. The molecule has 3 rings (SSSR count). The number of ether oxygens (including phenoxy) is 1. The lowest BCUT2D eigenvalue weighted by atomic mass is 10.2. The topological polar surface area (TPSA) is 71.5 Å². The molecule has 0 unspecified atom stereocenters. The van der Waals surface area contributed by atoms with E-state index >= 15 is 0 Å². The van der Waals surface area contributed by atoms with Crippen LogP contribution in [0.3, 0.4) is 0 Å². The first-order chi connectivity index (χ1) is 13.0. The fourth-order valence-corrected chi connectivity index (χ4v) is 4.01. The molecule has 2 aromatic rings. The van der Waals surface area contributed by atoms with Gasteiger partial charge in [-0.05, 0) is 51.0 Å². The summed E-state index contributed by atoms with van der Waals surface area (Å²) in [6.07, 6.45) is 5.04. The Hall–Kier alpha value is -2.41. The summed E-state index contributed by atoms with van der Waals surface area (Å²) < 4.78 is 5.10. The third-order valence-corrected chi connectivity index (χ3v) is 5.60. The highest BCUT2D eigenvalue weighted by Gasteiger charge is 2.17. The molecular formula is C20H25N3O3S. The third kappa shape index (κ3) is 5.29. The zero-order valence-electron chi connectivity index (χ0n) is 15.8. The van der Waals surface area contributed by atoms with Gasteiger partial charge in [0.2, 0.25) is 0 Å². The summed E-state index contributed by atoms with van der Waals surface area (Å²) in [5.41, 5.74) is 2.50. The molecule has 1 fully saturated rings. The number of hydrogen-bond acceptors (Lipinski definition) is 6. The molecule has 1 N–H and O–H groups in total. The number of aryl methyl sites for hydroxylation is 2. The lowest BCUT2D eigenvalue weighted by molar-refractivity contribution is -0.119. The Kier molecular flexibility index (Phi) is 6.45. The van der Waals surface area contributed by atoms with Crippen LogP contribution < -0.4 is 10.2 Å². The second kappa shape index (κ2) is 8.99. The normalized spacial score (nSPS) is 14.5. The molecule has 0 saturated carbocycles. The molecule has 0 radical (unpaired) electrons. The number of rotatable bonds is 5. The van der Waals surface area contributed by atoms with Crippen LogP contribution in [0, 0.1) is 13.8 Å². The number of carbonyl (C=O) groups excluding carboxylic acids is 2. The van der Waals surface area contributed by atoms with Gasteiger partial charge in [-0.3, -0.25) is 4.79 Å². The van der Waals surface area contributed by atoms with E-state index in [9.17, 15) is 9.59 Å². The average molecular weight is 388 g/mol. The van der Waals surface area contributed by atoms with Gasteiger partial charge in [0.15, 0.2) is 6.61 Å². The standard InChI is InChI=1S/C20H25N3O3S/c1-14-19(27-15(2)21-14)20(25)26-13-18(24)22-16-7-9-17(10-8-16)23-11-5-3-4-6-12-23/h7-10H,3-6,11-13H2,1-2H3,(H,22,24). The number of aromatic nitrogens is 1. The number of amides is 1. The Bertz CT molecular complexity index is 793. The molecule has 1 aliphatic rings. The maximum atomic E-state index is 12.1. The molecule has 0 atom stereocenters. The average Bonchev–Trinajstić information content (AvgIpc) is 2.85. The van der Waals surface area contributed by atoms with Crippen molar-refractivity contribution in [3.05, 3.63) is 39.8 Å². The summed E-state index contributed by atoms with van der Waals surface area (Å²) in [6.45, 7) is 5.43. The van der Waals surface area contributed by atoms with Gasteiger partial charge in [-0.25, -0.2) is 9.78 Å². The second-order valence-electron chi connectivity index (χ2n) is 6.72. The summed E-state index contributed by atoms with van der Waals surface area (Å²) in [4.78, 5) is 31.1. The Labute approximate surface area is 163 Å². The number of anilines is 2. The van der Waals surface area contributed by atoms with Crippen molar-refractivity contribution in [3.63, 3.8) is 0 Å². The Morgan fingerprint density at radius 1 is 1.11 bits per heavy atom. The van der Waals surface area contributed by atoms with Crippen LogP contribution >= 0.6 is 11.3 Å². The predicted molar refractivity (Wildman–Crippen MR) is 108 cm³/mol. The van der Waals surface area contributed by atoms with Crippen LogP contribution in [0.4, 0.5) is 11.4 Å². The zero-order chi connectivity index (χ0) is 19.2. The van der Waals surface area contributed by atoms with E-state index in [0.717, 1.165) is 18.1 Å². The van der Waals surface area contributed by atoms with E-state index in [1.165, 1.54) is 42.7 Å². The van der Waals surface area contributed by atoms with E-state index in [1.54, 1.807) is 6.92 Å². The lowest BCUT2D eigenvalue weighted by Crippen LogP contribution is -2.24. The minimum atomic E-state index is -0.509. The van der Waals surface area contributed by atoms with Crippen LogP contribution in [-0.4, -0.2) is 36.6 Å². The molecule has 6 nitrogen and oxygen atoms in total. The number of hydrogen-bond donors (Lipinski definition) is 1. The fourth-order valence-electron chi connectivity index (χ4n) is 3.20. The lowest BCUT2D eigenvalue weighted by Gasteiger charge is -2.22. The smallest absolute Gasteiger partial charge is 0.350 e. The first-order valence-electron chi connectivity index (χ1n) is 9.29. The molecule has 1 amide bonds. The monoisotopic (exact) mass is 387 g/mol. The van der Waals surface area contributed by atoms with Crippen molar-refractivity contribution in [3.8, 4) is 0 Å². The highest BCUT2D eigenvalue weighted by molar-refractivity contribution is 7.13. The summed E-state index contributed by atoms with van der Waals surface area (Å²) in [6, 6.07) is 7.82. The summed E-state index contributed by atoms with van der Waals surface area (Å²) >= 11 is 1.27. The molecule has 1 saturated heterocycles. The first kappa shape index (κ1) is 19.4. The Balaban J connectivity index is 1.50. The number of esters is 1. The van der Waals surface area contributed by atoms with Crippen molar-refractivity contribution in [1.82, 2.24) is 4.98 Å². The number of carbonyl (C=O) groups is 2. The Morgan fingerprint density at radius 3 is 2.37 bits per heavy atom. The molecule has 7 heteroatoms. The van der Waals surface area contributed by atoms with Gasteiger partial charge >= 0.3 is 5.97 Å². The maximum absolute atomic E-state index is 12.1. The van der Waals surface area contributed by atoms with Crippen LogP contribution in [0.25, 0.3) is 0 Å². The molecular weight excluding hydrogens is 362 g/mol. The van der Waals surface area contributed by atoms with Gasteiger partial charge in [0.05, 0.1) is 10.7 Å². The van der Waals surface area contributed by atoms with Gasteiger partial charge in [-0.1, -0.05) is 12.8 Å². The van der Waals surface area contributed by atoms with E-state index in [4.69, 9.17) is 4.74 Å². The molecule has 2 heterocycles. The number of thiazole rings is 1. The summed E-state index contributed by atoms with van der Waals surface area (Å²) in [5, 5.41) is 3.56. The van der Waals surface area contributed by atoms with Gasteiger partial charge in [0, 0.05) is 24.5 Å². The highest BCUT2D eigenvalue weighted by Crippen LogP contribution is 2.22. The van der Waals surface area contributed by atoms with Crippen molar-refractivity contribution < 1.29 is 14.3 Å². The molecule has 1 aliphatic heterocycles. The van der Waals surface area contributed by atoms with Crippen LogP contribution in [0.5, 0.6) is 0 Å². The number of nitrogens with one attached hydrogen (secondary N) is 1. The number of benzene rings is 1. The van der Waals surface area contributed by atoms with Crippen LogP contribution in [0.1, 0.15) is 46.1 Å². The fraction of sp³-hybridized carbons (Fsp3) is 0.450. The Morgan fingerprint density at radius 2 is 1.78 bits per heavy atom. The van der Waals surface area contributed by atoms with Gasteiger partial charge in [0.25, 0.3) is 5.91 Å². The van der Waals surface area contributed by atoms with E-state index in [2.05, 4.69) is 15.2 Å². The number of nitrogens with zero attached hydrogens (tertiary/aromatic N) is 2. The molecule has 0 aliphatic carbocycles. The quantitative estimate of drug-likeness (QED) is 0.787. The minimum absolute atomic E-state index is 0.316. The highest BCUT2D eigenvalue weighted by atomic mass is 32.1. The summed E-state index contributed by atoms with van der Waals surface area (Å²) in [7, 11) is 0. The van der Waals surface area contributed by atoms with Crippen LogP contribution in [0.15, 0.2) is 24.3 Å². The maximum Gasteiger partial charge on any atom is 0.350 e. The zero-order valence-corrected chi connectivity index (χ0v) is 16.6. The van der Waals surface area contributed by atoms with Crippen molar-refractivity contribution >= 4 is 34.6 Å². The predicted octanol–water partition coefficient (Wildman–Crippen LogP) is 3.94. The molecule has 27 heavy (non-hydrogen) atoms. The van der Waals surface area contributed by atoms with Crippen molar-refractivity contribution in [2.75, 3.05) is 29.9 Å². The van der Waals surface area contributed by atoms with Crippen molar-refractivity contribution in [2.24, 2.45) is 0 Å². The minimum Gasteiger partial charge on any atom is -0.451 e. The van der Waals surface area contributed by atoms with Crippen molar-refractivity contribution in [2.45, 2.75) is 39.5 Å². The molecule has 144 valence electrons. The van der Waals surface area contributed by atoms with Gasteiger partial charge in [0.1, 0.15) is 4.88 Å². The van der Waals surface area contributed by atoms with E-state index in [1.807, 2.05) is 31.2 Å². The molecule has 0 bridgehead atoms. The van der Waals surface area contributed by atoms with Crippen LogP contribution in [0.2, 0.25) is 0 Å². The first-order valence-corrected chi connectivity index (χ1v) is 10.1. The van der Waals surface area contributed by atoms with E-state index in [-0.39, 0.29) is 12.5 Å². The second-order valence-corrected chi connectivity index (χ2v) is 7.92.